The lowest BCUT2D eigenvalue weighted by Gasteiger charge is -2.22. The Balaban J connectivity index is 2.67. The molecule has 0 saturated heterocycles. The average Bonchev–Trinajstić information content (AvgIpc) is 2.52. The van der Waals surface area contributed by atoms with Gasteiger partial charge in [-0.3, -0.25) is 0 Å². The lowest BCUT2D eigenvalue weighted by Crippen LogP contribution is -2.12. The predicted molar refractivity (Wildman–Crippen MR) is 100 cm³/mol. The van der Waals surface area contributed by atoms with Crippen molar-refractivity contribution in [2.24, 2.45) is 0 Å². The molecule has 2 rings (SSSR count). The molecule has 0 aliphatic rings. The minimum absolute atomic E-state index is 0.00495. The molecule has 24 heavy (non-hydrogen) atoms. The van der Waals surface area contributed by atoms with Crippen molar-refractivity contribution in [3.63, 3.8) is 0 Å². The summed E-state index contributed by atoms with van der Waals surface area (Å²) < 4.78 is 11.0. The van der Waals surface area contributed by atoms with Crippen molar-refractivity contribution >= 4 is 0 Å². The van der Waals surface area contributed by atoms with Crippen molar-refractivity contribution in [2.75, 3.05) is 14.2 Å². The highest BCUT2D eigenvalue weighted by Crippen LogP contribution is 2.35. The van der Waals surface area contributed by atoms with Crippen LogP contribution in [0.2, 0.25) is 0 Å². The first-order valence-corrected chi connectivity index (χ1v) is 8.28. The molecule has 0 N–H and O–H groups in total. The van der Waals surface area contributed by atoms with Gasteiger partial charge in [0.05, 0.1) is 14.2 Å². The second kappa shape index (κ2) is 6.51. The Morgan fingerprint density at radius 3 is 1.21 bits per heavy atom. The first-order valence-electron chi connectivity index (χ1n) is 8.28. The van der Waals surface area contributed by atoms with Gasteiger partial charge < -0.3 is 9.47 Å². The number of methoxy groups -OCH3 is 2. The minimum atomic E-state index is -0.00495. The molecule has 0 aliphatic heterocycles. The van der Waals surface area contributed by atoms with E-state index in [9.17, 15) is 0 Å². The first-order chi connectivity index (χ1) is 11.0. The van der Waals surface area contributed by atoms with Gasteiger partial charge in [0.1, 0.15) is 11.5 Å². The van der Waals surface area contributed by atoms with Gasteiger partial charge in [-0.25, -0.2) is 0 Å². The van der Waals surface area contributed by atoms with Crippen LogP contribution in [0.1, 0.15) is 52.7 Å². The highest BCUT2D eigenvalue weighted by Gasteiger charge is 2.20. The lowest BCUT2D eigenvalue weighted by atomic mass is 9.83. The van der Waals surface area contributed by atoms with Gasteiger partial charge in [0.25, 0.3) is 0 Å². The number of hydrogen-bond acceptors (Lipinski definition) is 2. The minimum Gasteiger partial charge on any atom is -0.497 e. The van der Waals surface area contributed by atoms with Crippen LogP contribution in [0.15, 0.2) is 24.3 Å². The third-order valence-electron chi connectivity index (χ3n) is 4.06. The van der Waals surface area contributed by atoms with Gasteiger partial charge >= 0.3 is 0 Å². The highest BCUT2D eigenvalue weighted by atomic mass is 16.5. The molecule has 2 aromatic carbocycles. The average molecular weight is 324 g/mol. The lowest BCUT2D eigenvalue weighted by molar-refractivity contribution is 0.412. The van der Waals surface area contributed by atoms with E-state index in [1.165, 1.54) is 0 Å². The number of rotatable bonds is 3. The van der Waals surface area contributed by atoms with Crippen LogP contribution in [0.3, 0.4) is 0 Å². The monoisotopic (exact) mass is 324 g/mol. The van der Waals surface area contributed by atoms with Crippen molar-refractivity contribution in [3.8, 4) is 22.6 Å². The summed E-state index contributed by atoms with van der Waals surface area (Å²) in [6, 6.07) is 15.2. The van der Waals surface area contributed by atoms with Crippen molar-refractivity contribution in [1.82, 2.24) is 0 Å². The van der Waals surface area contributed by atoms with Crippen LogP contribution in [-0.2, 0) is 10.8 Å². The topological polar surface area (TPSA) is 18.5 Å². The summed E-state index contributed by atoms with van der Waals surface area (Å²) in [5.74, 6) is 1.67. The van der Waals surface area contributed by atoms with Gasteiger partial charge in [0.15, 0.2) is 0 Å². The van der Waals surface area contributed by atoms with Gasteiger partial charge in [-0.1, -0.05) is 41.5 Å². The Kier molecular flexibility index (Phi) is 4.98. The van der Waals surface area contributed by atoms with Crippen molar-refractivity contribution in [3.05, 3.63) is 47.5 Å². The maximum atomic E-state index is 5.50. The van der Waals surface area contributed by atoms with E-state index in [-0.39, 0.29) is 10.8 Å². The van der Waals surface area contributed by atoms with Crippen LogP contribution in [0.5, 0.6) is 11.5 Å². The van der Waals surface area contributed by atoms with Crippen LogP contribution >= 0.6 is 0 Å². The molecule has 2 radical (unpaired) electrons. The van der Waals surface area contributed by atoms with E-state index in [4.69, 9.17) is 9.47 Å². The fourth-order valence-corrected chi connectivity index (χ4v) is 2.42. The molecule has 128 valence electrons. The van der Waals surface area contributed by atoms with Crippen LogP contribution in [0, 0.1) is 12.1 Å². The summed E-state index contributed by atoms with van der Waals surface area (Å²) in [5, 5.41) is 0. The normalized spacial score (nSPS) is 12.2. The van der Waals surface area contributed by atoms with Gasteiger partial charge in [-0.05, 0) is 69.5 Å². The second-order valence-corrected chi connectivity index (χ2v) is 8.20. The van der Waals surface area contributed by atoms with Crippen molar-refractivity contribution in [1.29, 1.82) is 0 Å². The zero-order valence-corrected chi connectivity index (χ0v) is 16.1. The summed E-state index contributed by atoms with van der Waals surface area (Å²) in [6.45, 7) is 13.1. The predicted octanol–water partition coefficient (Wildman–Crippen LogP) is 5.57. The van der Waals surface area contributed by atoms with Crippen molar-refractivity contribution in [2.45, 2.75) is 52.4 Å². The molecule has 0 aliphatic carbocycles. The Morgan fingerprint density at radius 2 is 0.958 bits per heavy atom. The molecule has 2 aromatic rings. The van der Waals surface area contributed by atoms with E-state index in [2.05, 4.69) is 53.7 Å². The summed E-state index contributed by atoms with van der Waals surface area (Å²) in [4.78, 5) is 0. The Morgan fingerprint density at radius 1 is 0.625 bits per heavy atom. The smallest absolute Gasteiger partial charge is 0.119 e. The first kappa shape index (κ1) is 18.4. The van der Waals surface area contributed by atoms with Crippen LogP contribution in [0.25, 0.3) is 11.1 Å². The van der Waals surface area contributed by atoms with Gasteiger partial charge in [-0.2, -0.15) is 0 Å². The quantitative estimate of drug-likeness (QED) is 0.735. The van der Waals surface area contributed by atoms with E-state index in [0.29, 0.717) is 0 Å². The van der Waals surface area contributed by atoms with Gasteiger partial charge in [0.2, 0.25) is 0 Å². The van der Waals surface area contributed by atoms with Gasteiger partial charge in [0, 0.05) is 0 Å². The summed E-state index contributed by atoms with van der Waals surface area (Å²) >= 11 is 0. The molecular formula is C22H28O2. The Hall–Kier alpha value is -1.96. The Bertz CT molecular complexity index is 652. The van der Waals surface area contributed by atoms with E-state index >= 15 is 0 Å². The molecule has 0 fully saturated rings. The molecule has 2 nitrogen and oxygen atoms in total. The molecule has 0 spiro atoms. The number of benzene rings is 2. The standard InChI is InChI=1S/C22H28O2/c1-21(2,3)17-9-15(11-19(13-17)23-7)16-10-18(22(4,5)6)14-20(12-16)24-8/h11-14H,1-8H3. The van der Waals surface area contributed by atoms with Crippen LogP contribution < -0.4 is 9.47 Å². The molecule has 0 saturated carbocycles. The molecule has 0 aromatic heterocycles. The fraction of sp³-hybridized carbons (Fsp3) is 0.455. The summed E-state index contributed by atoms with van der Waals surface area (Å²) in [6.07, 6.45) is 0. The molecule has 0 amide bonds. The van der Waals surface area contributed by atoms with Crippen LogP contribution in [-0.4, -0.2) is 14.2 Å². The third kappa shape index (κ3) is 4.11. The molecular weight excluding hydrogens is 296 g/mol. The molecule has 2 heteroatoms. The molecule has 0 atom stereocenters. The number of hydrogen-bond donors (Lipinski definition) is 0. The van der Waals surface area contributed by atoms with Crippen molar-refractivity contribution < 1.29 is 9.47 Å². The number of ether oxygens (including phenoxy) is 2. The SMILES string of the molecule is COc1cc(-c2[c]c(C(C)(C)C)cc(OC)c2)[c]c(C(C)(C)C)c1. The zero-order valence-electron chi connectivity index (χ0n) is 16.1. The highest BCUT2D eigenvalue weighted by molar-refractivity contribution is 5.68. The van der Waals surface area contributed by atoms with E-state index < -0.39 is 0 Å². The molecule has 0 bridgehead atoms. The van der Waals surface area contributed by atoms with Crippen LogP contribution in [0.4, 0.5) is 0 Å². The fourth-order valence-electron chi connectivity index (χ4n) is 2.42. The maximum absolute atomic E-state index is 5.50. The molecule has 0 heterocycles. The second-order valence-electron chi connectivity index (χ2n) is 8.20. The summed E-state index contributed by atoms with van der Waals surface area (Å²) in [5.41, 5.74) is 4.17. The molecule has 0 unspecified atom stereocenters. The largest absolute Gasteiger partial charge is 0.497 e. The third-order valence-corrected chi connectivity index (χ3v) is 4.06. The van der Waals surface area contributed by atoms with E-state index in [1.54, 1.807) is 14.2 Å². The van der Waals surface area contributed by atoms with E-state index in [0.717, 1.165) is 33.8 Å². The van der Waals surface area contributed by atoms with E-state index in [1.807, 2.05) is 24.3 Å². The summed E-state index contributed by atoms with van der Waals surface area (Å²) in [7, 11) is 3.39. The van der Waals surface area contributed by atoms with Gasteiger partial charge in [-0.15, -0.1) is 0 Å². The Labute approximate surface area is 146 Å². The maximum Gasteiger partial charge on any atom is 0.119 e. The zero-order chi connectivity index (χ0) is 18.1.